The molecule has 3 nitrogen and oxygen atoms in total. The van der Waals surface area contributed by atoms with E-state index in [1.165, 1.54) is 0 Å². The van der Waals surface area contributed by atoms with Crippen LogP contribution in [0.3, 0.4) is 0 Å². The van der Waals surface area contributed by atoms with Crippen molar-refractivity contribution in [2.45, 2.75) is 13.5 Å². The van der Waals surface area contributed by atoms with E-state index in [1.54, 1.807) is 6.92 Å². The lowest BCUT2D eigenvalue weighted by Crippen LogP contribution is -2.10. The van der Waals surface area contributed by atoms with Crippen LogP contribution in [-0.2, 0) is 6.54 Å². The average Bonchev–Trinajstić information content (AvgIpc) is 2.46. The molecule has 2 aromatic carbocycles. The Bertz CT molecular complexity index is 593. The number of anilines is 2. The third-order valence-corrected chi connectivity index (χ3v) is 3.17. The van der Waals surface area contributed by atoms with Gasteiger partial charge in [-0.05, 0) is 36.8 Å². The molecule has 0 amide bonds. The van der Waals surface area contributed by atoms with Crippen molar-refractivity contribution in [3.63, 3.8) is 0 Å². The molecule has 0 fully saturated rings. The maximum Gasteiger partial charge on any atom is 0.159 e. The lowest BCUT2D eigenvalue weighted by molar-refractivity contribution is 0.101. The summed E-state index contributed by atoms with van der Waals surface area (Å²) >= 11 is 0. The van der Waals surface area contributed by atoms with Crippen LogP contribution in [0, 0.1) is 0 Å². The van der Waals surface area contributed by atoms with E-state index in [0.717, 1.165) is 22.5 Å². The van der Waals surface area contributed by atoms with Crippen LogP contribution in [-0.4, -0.2) is 12.8 Å². The van der Waals surface area contributed by atoms with Crippen molar-refractivity contribution in [1.29, 1.82) is 0 Å². The van der Waals surface area contributed by atoms with Gasteiger partial charge in [0.2, 0.25) is 0 Å². The quantitative estimate of drug-likeness (QED) is 0.853. The van der Waals surface area contributed by atoms with Gasteiger partial charge in [0.15, 0.2) is 5.78 Å². The standard InChI is InChI=1S/C16H18N2O/c1-12(19)14-6-4-8-16(10-14)18(2)15-7-3-5-13(9-15)11-17/h3-10H,11,17H2,1-2H3. The van der Waals surface area contributed by atoms with Gasteiger partial charge >= 0.3 is 0 Å². The Morgan fingerprint density at radius 1 is 1.11 bits per heavy atom. The molecule has 0 aromatic heterocycles. The average molecular weight is 254 g/mol. The maximum absolute atomic E-state index is 11.4. The van der Waals surface area contributed by atoms with Gasteiger partial charge in [0.05, 0.1) is 0 Å². The van der Waals surface area contributed by atoms with E-state index in [-0.39, 0.29) is 5.78 Å². The molecule has 2 rings (SSSR count). The lowest BCUT2D eigenvalue weighted by Gasteiger charge is -2.20. The highest BCUT2D eigenvalue weighted by Gasteiger charge is 2.06. The highest BCUT2D eigenvalue weighted by molar-refractivity contribution is 5.95. The van der Waals surface area contributed by atoms with Gasteiger partial charge in [-0.25, -0.2) is 0 Å². The first-order valence-electron chi connectivity index (χ1n) is 6.25. The topological polar surface area (TPSA) is 46.3 Å². The monoisotopic (exact) mass is 254 g/mol. The smallest absolute Gasteiger partial charge is 0.159 e. The Morgan fingerprint density at radius 2 is 1.74 bits per heavy atom. The van der Waals surface area contributed by atoms with Crippen molar-refractivity contribution in [2.75, 3.05) is 11.9 Å². The molecule has 2 N–H and O–H groups in total. The van der Waals surface area contributed by atoms with Crippen molar-refractivity contribution in [1.82, 2.24) is 0 Å². The van der Waals surface area contributed by atoms with Crippen LogP contribution >= 0.6 is 0 Å². The van der Waals surface area contributed by atoms with Gasteiger partial charge in [0.1, 0.15) is 0 Å². The number of hydrogen-bond acceptors (Lipinski definition) is 3. The van der Waals surface area contributed by atoms with E-state index in [1.807, 2.05) is 54.4 Å². The Kier molecular flexibility index (Phi) is 3.97. The normalized spacial score (nSPS) is 10.3. The summed E-state index contributed by atoms with van der Waals surface area (Å²) in [5, 5.41) is 0. The van der Waals surface area contributed by atoms with E-state index in [4.69, 9.17) is 5.73 Å². The Hall–Kier alpha value is -2.13. The van der Waals surface area contributed by atoms with E-state index < -0.39 is 0 Å². The zero-order chi connectivity index (χ0) is 13.8. The lowest BCUT2D eigenvalue weighted by atomic mass is 10.1. The number of Topliss-reactive ketones (excluding diaryl/α,β-unsaturated/α-hetero) is 1. The Balaban J connectivity index is 2.35. The SMILES string of the molecule is CC(=O)c1cccc(N(C)c2cccc(CN)c2)c1. The van der Waals surface area contributed by atoms with Crippen LogP contribution in [0.4, 0.5) is 11.4 Å². The Labute approximate surface area is 113 Å². The molecule has 0 bridgehead atoms. The van der Waals surface area contributed by atoms with E-state index in [0.29, 0.717) is 6.54 Å². The zero-order valence-corrected chi connectivity index (χ0v) is 11.3. The number of nitrogens with zero attached hydrogens (tertiary/aromatic N) is 1. The molecule has 0 unspecified atom stereocenters. The predicted molar refractivity (Wildman–Crippen MR) is 78.8 cm³/mol. The third kappa shape index (κ3) is 3.01. The number of carbonyl (C=O) groups is 1. The molecule has 0 radical (unpaired) electrons. The molecule has 0 saturated heterocycles. The van der Waals surface area contributed by atoms with Gasteiger partial charge in [-0.1, -0.05) is 24.3 Å². The summed E-state index contributed by atoms with van der Waals surface area (Å²) in [4.78, 5) is 13.5. The van der Waals surface area contributed by atoms with E-state index >= 15 is 0 Å². The van der Waals surface area contributed by atoms with Crippen LogP contribution in [0.25, 0.3) is 0 Å². The maximum atomic E-state index is 11.4. The molecule has 0 heterocycles. The van der Waals surface area contributed by atoms with E-state index in [9.17, 15) is 4.79 Å². The second kappa shape index (κ2) is 5.67. The van der Waals surface area contributed by atoms with Crippen LogP contribution in [0.2, 0.25) is 0 Å². The molecule has 0 aliphatic carbocycles. The number of nitrogens with two attached hydrogens (primary N) is 1. The van der Waals surface area contributed by atoms with Crippen LogP contribution in [0.1, 0.15) is 22.8 Å². The molecule has 0 spiro atoms. The highest BCUT2D eigenvalue weighted by atomic mass is 16.1. The summed E-state index contributed by atoms with van der Waals surface area (Å²) in [6, 6.07) is 15.7. The first-order valence-corrected chi connectivity index (χ1v) is 6.25. The summed E-state index contributed by atoms with van der Waals surface area (Å²) in [6.07, 6.45) is 0. The molecule has 98 valence electrons. The number of carbonyl (C=O) groups excluding carboxylic acids is 1. The van der Waals surface area contributed by atoms with Crippen molar-refractivity contribution in [3.05, 3.63) is 59.7 Å². The second-order valence-electron chi connectivity index (χ2n) is 4.54. The molecule has 2 aromatic rings. The number of hydrogen-bond donors (Lipinski definition) is 1. The minimum absolute atomic E-state index is 0.0750. The van der Waals surface area contributed by atoms with Gasteiger partial charge in [-0.2, -0.15) is 0 Å². The molecular formula is C16H18N2O. The van der Waals surface area contributed by atoms with Crippen molar-refractivity contribution >= 4 is 17.2 Å². The summed E-state index contributed by atoms with van der Waals surface area (Å²) in [6.45, 7) is 2.10. The first-order chi connectivity index (χ1) is 9.11. The van der Waals surface area contributed by atoms with Crippen LogP contribution < -0.4 is 10.6 Å². The van der Waals surface area contributed by atoms with Crippen molar-refractivity contribution in [2.24, 2.45) is 5.73 Å². The summed E-state index contributed by atoms with van der Waals surface area (Å²) in [5.74, 6) is 0.0750. The minimum atomic E-state index is 0.0750. The summed E-state index contributed by atoms with van der Waals surface area (Å²) in [5.41, 5.74) is 9.52. The summed E-state index contributed by atoms with van der Waals surface area (Å²) < 4.78 is 0. The van der Waals surface area contributed by atoms with Crippen LogP contribution in [0.15, 0.2) is 48.5 Å². The van der Waals surface area contributed by atoms with Gasteiger partial charge in [-0.3, -0.25) is 4.79 Å². The zero-order valence-electron chi connectivity index (χ0n) is 11.3. The summed E-state index contributed by atoms with van der Waals surface area (Å²) in [7, 11) is 1.98. The fourth-order valence-corrected chi connectivity index (χ4v) is 1.97. The van der Waals surface area contributed by atoms with Gasteiger partial charge in [-0.15, -0.1) is 0 Å². The van der Waals surface area contributed by atoms with Gasteiger partial charge in [0.25, 0.3) is 0 Å². The molecule has 0 aliphatic rings. The number of rotatable bonds is 4. The van der Waals surface area contributed by atoms with E-state index in [2.05, 4.69) is 6.07 Å². The molecule has 19 heavy (non-hydrogen) atoms. The molecular weight excluding hydrogens is 236 g/mol. The molecule has 0 atom stereocenters. The first kappa shape index (κ1) is 13.3. The molecule has 0 aliphatic heterocycles. The highest BCUT2D eigenvalue weighted by Crippen LogP contribution is 2.25. The largest absolute Gasteiger partial charge is 0.345 e. The van der Waals surface area contributed by atoms with Gasteiger partial charge < -0.3 is 10.6 Å². The Morgan fingerprint density at radius 3 is 2.37 bits per heavy atom. The molecule has 3 heteroatoms. The predicted octanol–water partition coefficient (Wildman–Crippen LogP) is 3.12. The fraction of sp³-hybridized carbons (Fsp3) is 0.188. The fourth-order valence-electron chi connectivity index (χ4n) is 1.97. The van der Waals surface area contributed by atoms with Crippen LogP contribution in [0.5, 0.6) is 0 Å². The minimum Gasteiger partial charge on any atom is -0.345 e. The second-order valence-corrected chi connectivity index (χ2v) is 4.54. The third-order valence-electron chi connectivity index (χ3n) is 3.17. The van der Waals surface area contributed by atoms with Crippen molar-refractivity contribution in [3.8, 4) is 0 Å². The van der Waals surface area contributed by atoms with Gasteiger partial charge in [0, 0.05) is 30.5 Å². The number of benzene rings is 2. The molecule has 0 saturated carbocycles. The van der Waals surface area contributed by atoms with Crippen molar-refractivity contribution < 1.29 is 4.79 Å². The number of ketones is 1.